The molecule has 1 aromatic carbocycles. The highest BCUT2D eigenvalue weighted by atomic mass is 32.1. The largest absolute Gasteiger partial charge is 0.481 e. The van der Waals surface area contributed by atoms with Crippen LogP contribution in [0.1, 0.15) is 23.5 Å². The monoisotopic (exact) mass is 299 g/mol. The van der Waals surface area contributed by atoms with Crippen molar-refractivity contribution in [2.24, 2.45) is 0 Å². The zero-order valence-electron chi connectivity index (χ0n) is 12.0. The molecule has 1 N–H and O–H groups in total. The van der Waals surface area contributed by atoms with Crippen molar-refractivity contribution in [3.05, 3.63) is 53.2 Å². The summed E-state index contributed by atoms with van der Waals surface area (Å²) >= 11 is 1.73. The molecule has 4 nitrogen and oxygen atoms in total. The molecule has 2 heterocycles. The summed E-state index contributed by atoms with van der Waals surface area (Å²) in [6, 6.07) is 12.3. The first kappa shape index (κ1) is 14.0. The molecule has 2 aromatic heterocycles. The van der Waals surface area contributed by atoms with Crippen molar-refractivity contribution in [3.8, 4) is 5.88 Å². The summed E-state index contributed by atoms with van der Waals surface area (Å²) in [7, 11) is 1.64. The minimum absolute atomic E-state index is 0.187. The first-order valence-electron chi connectivity index (χ1n) is 6.84. The fraction of sp³-hybridized carbons (Fsp3) is 0.250. The van der Waals surface area contributed by atoms with Gasteiger partial charge in [-0.2, -0.15) is 0 Å². The van der Waals surface area contributed by atoms with Gasteiger partial charge in [-0.05, 0) is 25.1 Å². The zero-order chi connectivity index (χ0) is 14.7. The third-order valence-electron chi connectivity index (χ3n) is 3.32. The van der Waals surface area contributed by atoms with E-state index in [0.29, 0.717) is 12.4 Å². The Bertz CT molecular complexity index is 708. The van der Waals surface area contributed by atoms with Crippen LogP contribution >= 0.6 is 11.3 Å². The summed E-state index contributed by atoms with van der Waals surface area (Å²) in [4.78, 5) is 8.88. The third kappa shape index (κ3) is 3.04. The van der Waals surface area contributed by atoms with E-state index in [0.717, 1.165) is 16.1 Å². The van der Waals surface area contributed by atoms with Crippen LogP contribution in [0.15, 0.2) is 42.6 Å². The van der Waals surface area contributed by atoms with Crippen LogP contribution in [0.25, 0.3) is 10.2 Å². The minimum Gasteiger partial charge on any atom is -0.481 e. The Morgan fingerprint density at radius 3 is 2.90 bits per heavy atom. The van der Waals surface area contributed by atoms with E-state index in [2.05, 4.69) is 28.3 Å². The first-order chi connectivity index (χ1) is 10.3. The summed E-state index contributed by atoms with van der Waals surface area (Å²) in [5.41, 5.74) is 2.11. The van der Waals surface area contributed by atoms with Crippen molar-refractivity contribution < 1.29 is 4.74 Å². The van der Waals surface area contributed by atoms with Crippen molar-refractivity contribution in [1.29, 1.82) is 0 Å². The number of benzene rings is 1. The second kappa shape index (κ2) is 6.20. The molecule has 0 spiro atoms. The number of para-hydroxylation sites is 1. The number of pyridine rings is 1. The van der Waals surface area contributed by atoms with Crippen LogP contribution in [0.2, 0.25) is 0 Å². The molecule has 0 saturated carbocycles. The fourth-order valence-corrected chi connectivity index (χ4v) is 3.16. The van der Waals surface area contributed by atoms with Crippen molar-refractivity contribution in [3.63, 3.8) is 0 Å². The summed E-state index contributed by atoms with van der Waals surface area (Å²) in [5.74, 6) is 0.668. The summed E-state index contributed by atoms with van der Waals surface area (Å²) in [6.45, 7) is 2.83. The Morgan fingerprint density at radius 1 is 1.24 bits per heavy atom. The number of methoxy groups -OCH3 is 1. The SMILES string of the molecule is COc1ncccc1CNC(C)c1nc2ccccc2s1. The highest BCUT2D eigenvalue weighted by Crippen LogP contribution is 2.26. The molecule has 3 aromatic rings. The lowest BCUT2D eigenvalue weighted by Gasteiger charge is -2.12. The second-order valence-electron chi connectivity index (χ2n) is 4.79. The van der Waals surface area contributed by atoms with Crippen LogP contribution in [-0.2, 0) is 6.54 Å². The Labute approximate surface area is 127 Å². The molecule has 108 valence electrons. The molecule has 0 saturated heterocycles. The smallest absolute Gasteiger partial charge is 0.217 e. The van der Waals surface area contributed by atoms with Gasteiger partial charge in [0.05, 0.1) is 23.4 Å². The molecule has 0 radical (unpaired) electrons. The van der Waals surface area contributed by atoms with Crippen LogP contribution in [0, 0.1) is 0 Å². The Balaban J connectivity index is 1.72. The van der Waals surface area contributed by atoms with Gasteiger partial charge in [-0.3, -0.25) is 0 Å². The second-order valence-corrected chi connectivity index (χ2v) is 5.86. The Morgan fingerprint density at radius 2 is 2.10 bits per heavy atom. The quantitative estimate of drug-likeness (QED) is 0.782. The molecule has 1 atom stereocenters. The molecule has 1 unspecified atom stereocenters. The molecule has 3 rings (SSSR count). The van der Waals surface area contributed by atoms with E-state index in [1.54, 1.807) is 24.6 Å². The van der Waals surface area contributed by atoms with Gasteiger partial charge in [0.1, 0.15) is 5.01 Å². The minimum atomic E-state index is 0.187. The normalized spacial score (nSPS) is 12.5. The standard InChI is InChI=1S/C16H17N3OS/c1-11(16-19-13-7-3-4-8-14(13)21-16)18-10-12-6-5-9-17-15(12)20-2/h3-9,11,18H,10H2,1-2H3. The van der Waals surface area contributed by atoms with Crippen LogP contribution in [0.4, 0.5) is 0 Å². The van der Waals surface area contributed by atoms with E-state index in [1.807, 2.05) is 30.3 Å². The maximum absolute atomic E-state index is 5.27. The number of thiazole rings is 1. The number of nitrogens with one attached hydrogen (secondary N) is 1. The van der Waals surface area contributed by atoms with Gasteiger partial charge in [0.25, 0.3) is 0 Å². The van der Waals surface area contributed by atoms with Gasteiger partial charge in [-0.15, -0.1) is 11.3 Å². The van der Waals surface area contributed by atoms with E-state index in [-0.39, 0.29) is 6.04 Å². The number of aromatic nitrogens is 2. The van der Waals surface area contributed by atoms with Crippen LogP contribution in [-0.4, -0.2) is 17.1 Å². The van der Waals surface area contributed by atoms with Crippen molar-refractivity contribution in [1.82, 2.24) is 15.3 Å². The zero-order valence-corrected chi connectivity index (χ0v) is 12.9. The number of nitrogens with zero attached hydrogens (tertiary/aromatic N) is 2. The Kier molecular flexibility index (Phi) is 4.13. The number of hydrogen-bond acceptors (Lipinski definition) is 5. The van der Waals surface area contributed by atoms with Gasteiger partial charge in [-0.25, -0.2) is 9.97 Å². The maximum Gasteiger partial charge on any atom is 0.217 e. The number of fused-ring (bicyclic) bond motifs is 1. The molecular formula is C16H17N3OS. The molecular weight excluding hydrogens is 282 g/mol. The van der Waals surface area contributed by atoms with E-state index in [4.69, 9.17) is 4.74 Å². The van der Waals surface area contributed by atoms with E-state index in [1.165, 1.54) is 4.70 Å². The number of ether oxygens (including phenoxy) is 1. The molecule has 0 aliphatic rings. The van der Waals surface area contributed by atoms with Crippen molar-refractivity contribution >= 4 is 21.6 Å². The lowest BCUT2D eigenvalue weighted by atomic mass is 10.2. The van der Waals surface area contributed by atoms with Gasteiger partial charge in [0.15, 0.2) is 0 Å². The summed E-state index contributed by atoms with van der Waals surface area (Å²) < 4.78 is 6.49. The maximum atomic E-state index is 5.27. The lowest BCUT2D eigenvalue weighted by Crippen LogP contribution is -2.18. The molecule has 0 aliphatic heterocycles. The Hall–Kier alpha value is -1.98. The summed E-state index contributed by atoms with van der Waals surface area (Å²) in [5, 5.41) is 4.58. The number of rotatable bonds is 5. The predicted octanol–water partition coefficient (Wildman–Crippen LogP) is 3.55. The molecule has 0 amide bonds. The van der Waals surface area contributed by atoms with E-state index >= 15 is 0 Å². The van der Waals surface area contributed by atoms with Crippen LogP contribution in [0.3, 0.4) is 0 Å². The average Bonchev–Trinajstić information content (AvgIpc) is 2.97. The third-order valence-corrected chi connectivity index (χ3v) is 4.54. The molecule has 0 bridgehead atoms. The van der Waals surface area contributed by atoms with E-state index in [9.17, 15) is 0 Å². The summed E-state index contributed by atoms with van der Waals surface area (Å²) in [6.07, 6.45) is 1.74. The topological polar surface area (TPSA) is 47.0 Å². The number of hydrogen-bond donors (Lipinski definition) is 1. The molecule has 21 heavy (non-hydrogen) atoms. The van der Waals surface area contributed by atoms with Gasteiger partial charge >= 0.3 is 0 Å². The lowest BCUT2D eigenvalue weighted by molar-refractivity contribution is 0.389. The van der Waals surface area contributed by atoms with E-state index < -0.39 is 0 Å². The van der Waals surface area contributed by atoms with Gasteiger partial charge in [0.2, 0.25) is 5.88 Å². The highest BCUT2D eigenvalue weighted by molar-refractivity contribution is 7.18. The first-order valence-corrected chi connectivity index (χ1v) is 7.66. The van der Waals surface area contributed by atoms with Crippen molar-refractivity contribution in [2.45, 2.75) is 19.5 Å². The van der Waals surface area contributed by atoms with Gasteiger partial charge in [-0.1, -0.05) is 18.2 Å². The molecule has 0 fully saturated rings. The fourth-order valence-electron chi connectivity index (χ4n) is 2.17. The average molecular weight is 299 g/mol. The van der Waals surface area contributed by atoms with Crippen LogP contribution in [0.5, 0.6) is 5.88 Å². The highest BCUT2D eigenvalue weighted by Gasteiger charge is 2.12. The predicted molar refractivity (Wildman–Crippen MR) is 85.7 cm³/mol. The van der Waals surface area contributed by atoms with Crippen molar-refractivity contribution in [2.75, 3.05) is 7.11 Å². The van der Waals surface area contributed by atoms with Gasteiger partial charge < -0.3 is 10.1 Å². The van der Waals surface area contributed by atoms with Crippen LogP contribution < -0.4 is 10.1 Å². The molecule has 0 aliphatic carbocycles. The molecule has 5 heteroatoms. The van der Waals surface area contributed by atoms with Gasteiger partial charge in [0, 0.05) is 18.3 Å².